The number of hydrogen-bond acceptors (Lipinski definition) is 3. The molecule has 3 heteroatoms. The molecule has 0 aromatic heterocycles. The van der Waals surface area contributed by atoms with Crippen molar-refractivity contribution < 1.29 is 14.9 Å². The molecular formula is C12H18O3. The molecule has 0 heterocycles. The Morgan fingerprint density at radius 2 is 1.93 bits per heavy atom. The van der Waals surface area contributed by atoms with Gasteiger partial charge in [-0.1, -0.05) is 6.07 Å². The molecule has 1 atom stereocenters. The van der Waals surface area contributed by atoms with Crippen molar-refractivity contribution >= 4 is 0 Å². The van der Waals surface area contributed by atoms with Crippen LogP contribution >= 0.6 is 0 Å². The van der Waals surface area contributed by atoms with E-state index in [1.165, 1.54) is 0 Å². The molecular weight excluding hydrogens is 192 g/mol. The second-order valence-electron chi connectivity index (χ2n) is 4.28. The van der Waals surface area contributed by atoms with Crippen LogP contribution in [0, 0.1) is 6.92 Å². The van der Waals surface area contributed by atoms with Gasteiger partial charge in [-0.15, -0.1) is 0 Å². The Hall–Kier alpha value is -1.06. The molecule has 0 aliphatic carbocycles. The fraction of sp³-hybridized carbons (Fsp3) is 0.500. The number of hydrogen-bond donors (Lipinski definition) is 2. The van der Waals surface area contributed by atoms with Gasteiger partial charge in [0.1, 0.15) is 11.9 Å². The summed E-state index contributed by atoms with van der Waals surface area (Å²) in [5.74, 6) is 0.749. The normalized spacial score (nSPS) is 13.7. The van der Waals surface area contributed by atoms with Gasteiger partial charge in [-0.25, -0.2) is 0 Å². The summed E-state index contributed by atoms with van der Waals surface area (Å²) in [6.45, 7) is 5.05. The molecule has 1 aromatic rings. The second kappa shape index (κ2) is 4.21. The van der Waals surface area contributed by atoms with Crippen molar-refractivity contribution in [2.24, 2.45) is 0 Å². The summed E-state index contributed by atoms with van der Waals surface area (Å²) in [7, 11) is 1.60. The van der Waals surface area contributed by atoms with Gasteiger partial charge in [0, 0.05) is 0 Å². The lowest BCUT2D eigenvalue weighted by atomic mass is 9.92. The standard InChI is InChI=1S/C12H18O3/c1-8-7-9(15-4)5-6-10(8)11(13)12(2,3)14/h5-7,11,13-14H,1-4H3. The molecule has 0 saturated carbocycles. The third-order valence-electron chi connectivity index (χ3n) is 2.44. The van der Waals surface area contributed by atoms with Crippen molar-refractivity contribution in [3.63, 3.8) is 0 Å². The van der Waals surface area contributed by atoms with Crippen LogP contribution in [0.5, 0.6) is 5.75 Å². The van der Waals surface area contributed by atoms with Gasteiger partial charge in [0.25, 0.3) is 0 Å². The number of aliphatic hydroxyl groups is 2. The maximum absolute atomic E-state index is 9.91. The second-order valence-corrected chi connectivity index (χ2v) is 4.28. The molecule has 0 bridgehead atoms. The molecule has 1 rings (SSSR count). The van der Waals surface area contributed by atoms with Gasteiger partial charge >= 0.3 is 0 Å². The number of ether oxygens (including phenoxy) is 1. The average Bonchev–Trinajstić information content (AvgIpc) is 2.15. The Kier molecular flexibility index (Phi) is 3.37. The van der Waals surface area contributed by atoms with E-state index in [0.29, 0.717) is 0 Å². The van der Waals surface area contributed by atoms with Crippen LogP contribution in [0.1, 0.15) is 31.1 Å². The summed E-state index contributed by atoms with van der Waals surface area (Å²) in [4.78, 5) is 0. The Morgan fingerprint density at radius 1 is 1.33 bits per heavy atom. The van der Waals surface area contributed by atoms with E-state index in [2.05, 4.69) is 0 Å². The van der Waals surface area contributed by atoms with Gasteiger partial charge < -0.3 is 14.9 Å². The lowest BCUT2D eigenvalue weighted by molar-refractivity contribution is -0.0500. The topological polar surface area (TPSA) is 49.7 Å². The monoisotopic (exact) mass is 210 g/mol. The van der Waals surface area contributed by atoms with Crippen LogP contribution in [0.15, 0.2) is 18.2 Å². The maximum Gasteiger partial charge on any atom is 0.119 e. The first-order valence-electron chi connectivity index (χ1n) is 4.91. The Bertz CT molecular complexity index is 339. The zero-order valence-electron chi connectivity index (χ0n) is 9.61. The third kappa shape index (κ3) is 2.70. The molecule has 1 unspecified atom stereocenters. The Balaban J connectivity index is 3.06. The van der Waals surface area contributed by atoms with E-state index in [9.17, 15) is 10.2 Å². The highest BCUT2D eigenvalue weighted by molar-refractivity contribution is 5.36. The van der Waals surface area contributed by atoms with Crippen molar-refractivity contribution in [2.75, 3.05) is 7.11 Å². The first-order valence-corrected chi connectivity index (χ1v) is 4.91. The third-order valence-corrected chi connectivity index (χ3v) is 2.44. The van der Waals surface area contributed by atoms with E-state index in [-0.39, 0.29) is 0 Å². The van der Waals surface area contributed by atoms with Gasteiger partial charge in [-0.2, -0.15) is 0 Å². The molecule has 0 fully saturated rings. The van der Waals surface area contributed by atoms with Crippen LogP contribution in [-0.2, 0) is 0 Å². The van der Waals surface area contributed by atoms with Gasteiger partial charge in [0.15, 0.2) is 0 Å². The minimum absolute atomic E-state index is 0.725. The van der Waals surface area contributed by atoms with Crippen LogP contribution in [-0.4, -0.2) is 22.9 Å². The minimum atomic E-state index is -1.14. The van der Waals surface area contributed by atoms with Gasteiger partial charge in [-0.05, 0) is 44.0 Å². The summed E-state index contributed by atoms with van der Waals surface area (Å²) < 4.78 is 5.07. The number of aryl methyl sites for hydroxylation is 1. The number of methoxy groups -OCH3 is 1. The van der Waals surface area contributed by atoms with Crippen LogP contribution < -0.4 is 4.74 Å². The first kappa shape index (κ1) is 12.0. The van der Waals surface area contributed by atoms with Gasteiger partial charge in [0.2, 0.25) is 0 Å². The molecule has 0 aliphatic heterocycles. The summed E-state index contributed by atoms with van der Waals surface area (Å²) in [6, 6.07) is 5.39. The molecule has 15 heavy (non-hydrogen) atoms. The molecule has 84 valence electrons. The summed E-state index contributed by atoms with van der Waals surface area (Å²) in [6.07, 6.45) is -0.886. The number of rotatable bonds is 3. The van der Waals surface area contributed by atoms with E-state index in [1.54, 1.807) is 33.1 Å². The highest BCUT2D eigenvalue weighted by Crippen LogP contribution is 2.29. The molecule has 0 radical (unpaired) electrons. The maximum atomic E-state index is 9.91. The van der Waals surface area contributed by atoms with E-state index >= 15 is 0 Å². The van der Waals surface area contributed by atoms with E-state index in [1.807, 2.05) is 13.0 Å². The predicted molar refractivity (Wildman–Crippen MR) is 59.0 cm³/mol. The van der Waals surface area contributed by atoms with Crippen molar-refractivity contribution in [1.29, 1.82) is 0 Å². The molecule has 1 aromatic carbocycles. The molecule has 2 N–H and O–H groups in total. The van der Waals surface area contributed by atoms with E-state index < -0.39 is 11.7 Å². The quantitative estimate of drug-likeness (QED) is 0.800. The molecule has 0 aliphatic rings. The van der Waals surface area contributed by atoms with Gasteiger partial charge in [-0.3, -0.25) is 0 Å². The lowest BCUT2D eigenvalue weighted by Gasteiger charge is -2.26. The van der Waals surface area contributed by atoms with E-state index in [4.69, 9.17) is 4.74 Å². The van der Waals surface area contributed by atoms with Crippen molar-refractivity contribution in [3.05, 3.63) is 29.3 Å². The molecule has 3 nitrogen and oxygen atoms in total. The van der Waals surface area contributed by atoms with Gasteiger partial charge in [0.05, 0.1) is 12.7 Å². The van der Waals surface area contributed by atoms with Crippen molar-refractivity contribution in [3.8, 4) is 5.75 Å². The SMILES string of the molecule is COc1ccc(C(O)C(C)(C)O)c(C)c1. The predicted octanol–water partition coefficient (Wildman–Crippen LogP) is 1.81. The average molecular weight is 210 g/mol. The molecule has 0 amide bonds. The van der Waals surface area contributed by atoms with Crippen LogP contribution in [0.3, 0.4) is 0 Å². The molecule has 0 spiro atoms. The fourth-order valence-electron chi connectivity index (χ4n) is 1.46. The Labute approximate surface area is 90.3 Å². The molecule has 0 saturated heterocycles. The summed E-state index contributed by atoms with van der Waals surface area (Å²) >= 11 is 0. The number of aliphatic hydroxyl groups excluding tert-OH is 1. The van der Waals surface area contributed by atoms with Crippen molar-refractivity contribution in [1.82, 2.24) is 0 Å². The highest BCUT2D eigenvalue weighted by Gasteiger charge is 2.27. The lowest BCUT2D eigenvalue weighted by Crippen LogP contribution is -2.29. The van der Waals surface area contributed by atoms with Crippen LogP contribution in [0.25, 0.3) is 0 Å². The van der Waals surface area contributed by atoms with Crippen LogP contribution in [0.4, 0.5) is 0 Å². The zero-order valence-corrected chi connectivity index (χ0v) is 9.61. The van der Waals surface area contributed by atoms with Crippen molar-refractivity contribution in [2.45, 2.75) is 32.5 Å². The van der Waals surface area contributed by atoms with E-state index in [0.717, 1.165) is 16.9 Å². The number of benzene rings is 1. The largest absolute Gasteiger partial charge is 0.497 e. The summed E-state index contributed by atoms with van der Waals surface area (Å²) in [5.41, 5.74) is 0.492. The Morgan fingerprint density at radius 3 is 2.33 bits per heavy atom. The van der Waals surface area contributed by atoms with Crippen LogP contribution in [0.2, 0.25) is 0 Å². The first-order chi connectivity index (χ1) is 6.86. The zero-order chi connectivity index (χ0) is 11.6. The fourth-order valence-corrected chi connectivity index (χ4v) is 1.46. The smallest absolute Gasteiger partial charge is 0.119 e. The minimum Gasteiger partial charge on any atom is -0.497 e. The summed E-state index contributed by atoms with van der Waals surface area (Å²) in [5, 5.41) is 19.6. The highest BCUT2D eigenvalue weighted by atomic mass is 16.5.